The number of carbonyl (C=O) groups is 1. The van der Waals surface area contributed by atoms with Gasteiger partial charge < -0.3 is 14.4 Å². The summed E-state index contributed by atoms with van der Waals surface area (Å²) in [7, 11) is -4.28. The lowest BCUT2D eigenvalue weighted by atomic mass is 9.96. The molecule has 2 N–H and O–H groups in total. The lowest BCUT2D eigenvalue weighted by Crippen LogP contribution is -2.10. The van der Waals surface area contributed by atoms with E-state index in [-0.39, 0.29) is 10.6 Å². The second kappa shape index (κ2) is 11.2. The predicted molar refractivity (Wildman–Crippen MR) is 165 cm³/mol. The van der Waals surface area contributed by atoms with Gasteiger partial charge in [-0.2, -0.15) is 8.42 Å². The number of thiophene rings is 1. The Morgan fingerprint density at radius 2 is 1.36 bits per heavy atom. The van der Waals surface area contributed by atoms with E-state index < -0.39 is 27.4 Å². The van der Waals surface area contributed by atoms with Gasteiger partial charge in [-0.05, 0) is 52.6 Å². The van der Waals surface area contributed by atoms with E-state index in [1.807, 2.05) is 29.5 Å². The van der Waals surface area contributed by atoms with Gasteiger partial charge >= 0.3 is 16.1 Å². The molecule has 0 amide bonds. The summed E-state index contributed by atoms with van der Waals surface area (Å²) >= 11 is 1.82. The molecule has 0 fully saturated rings. The zero-order valence-electron chi connectivity index (χ0n) is 22.1. The molecule has 1 aromatic heterocycles. The molecule has 1 heterocycles. The second-order valence-electron chi connectivity index (χ2n) is 9.68. The molecule has 0 unspecified atom stereocenters. The molecular formula is C34H24O6S2. The normalized spacial score (nSPS) is 11.4. The molecule has 0 aliphatic carbocycles. The van der Waals surface area contributed by atoms with Gasteiger partial charge in [0, 0.05) is 33.0 Å². The molecule has 0 saturated heterocycles. The van der Waals surface area contributed by atoms with Crippen molar-refractivity contribution in [3.05, 3.63) is 137 Å². The summed E-state index contributed by atoms with van der Waals surface area (Å²) in [5, 5.41) is 20.1. The minimum absolute atomic E-state index is 0.0902. The Labute approximate surface area is 246 Å². The van der Waals surface area contributed by atoms with Crippen molar-refractivity contribution in [2.45, 2.75) is 11.3 Å². The zero-order valence-corrected chi connectivity index (χ0v) is 23.7. The van der Waals surface area contributed by atoms with Crippen molar-refractivity contribution in [2.75, 3.05) is 0 Å². The highest BCUT2D eigenvalue weighted by atomic mass is 32.2. The SMILES string of the molecule is O=C(O)c1ccc(S(=O)(=O)Oc2ccc(-c3ccc(-c4c(Cc5ccccc5)sc5ccccc45)cc3)cc2)cc1O. The van der Waals surface area contributed by atoms with Gasteiger partial charge in [-0.15, -0.1) is 11.3 Å². The highest BCUT2D eigenvalue weighted by Crippen LogP contribution is 2.40. The fraction of sp³-hybridized carbons (Fsp3) is 0.0294. The van der Waals surface area contributed by atoms with Crippen LogP contribution in [0.2, 0.25) is 0 Å². The summed E-state index contributed by atoms with van der Waals surface area (Å²) in [5.41, 5.74) is 5.08. The summed E-state index contributed by atoms with van der Waals surface area (Å²) < 4.78 is 31.9. The third-order valence-corrected chi connectivity index (χ3v) is 9.35. The fourth-order valence-electron chi connectivity index (χ4n) is 4.87. The van der Waals surface area contributed by atoms with Gasteiger partial charge in [-0.25, -0.2) is 4.79 Å². The summed E-state index contributed by atoms with van der Waals surface area (Å²) in [4.78, 5) is 12.1. The Kier molecular flexibility index (Phi) is 7.24. The maximum atomic E-state index is 12.7. The number of fused-ring (bicyclic) bond motifs is 1. The Balaban J connectivity index is 1.24. The molecule has 6 rings (SSSR count). The standard InChI is InChI=1S/C34H24O6S2/c35-30-21-27(18-19-28(30)34(36)37)42(38,39)40-26-16-14-24(15-17-26)23-10-12-25(13-11-23)33-29-8-4-5-9-31(29)41-32(33)20-22-6-2-1-3-7-22/h1-19,21,35H,20H2,(H,36,37). The molecule has 8 heteroatoms. The number of aromatic hydroxyl groups is 1. The lowest BCUT2D eigenvalue weighted by molar-refractivity contribution is 0.0693. The molecule has 5 aromatic carbocycles. The smallest absolute Gasteiger partial charge is 0.339 e. The molecule has 0 atom stereocenters. The van der Waals surface area contributed by atoms with E-state index in [4.69, 9.17) is 9.29 Å². The van der Waals surface area contributed by atoms with E-state index in [1.165, 1.54) is 26.1 Å². The number of hydrogen-bond acceptors (Lipinski definition) is 6. The van der Waals surface area contributed by atoms with Gasteiger partial charge in [0.2, 0.25) is 0 Å². The zero-order chi connectivity index (χ0) is 29.3. The van der Waals surface area contributed by atoms with E-state index in [0.717, 1.165) is 41.3 Å². The van der Waals surface area contributed by atoms with E-state index in [2.05, 4.69) is 60.7 Å². The molecule has 0 bridgehead atoms. The molecule has 0 aliphatic rings. The van der Waals surface area contributed by atoms with Crippen LogP contribution in [0.1, 0.15) is 20.8 Å². The van der Waals surface area contributed by atoms with Crippen LogP contribution in [0, 0.1) is 0 Å². The maximum Gasteiger partial charge on any atom is 0.339 e. The van der Waals surface area contributed by atoms with Crippen molar-refractivity contribution in [1.82, 2.24) is 0 Å². The molecule has 42 heavy (non-hydrogen) atoms. The molecule has 0 aliphatic heterocycles. The van der Waals surface area contributed by atoms with Crippen LogP contribution in [0.4, 0.5) is 0 Å². The summed E-state index contributed by atoms with van der Waals surface area (Å²) in [6.45, 7) is 0. The minimum atomic E-state index is -4.28. The van der Waals surface area contributed by atoms with Crippen LogP contribution >= 0.6 is 11.3 Å². The monoisotopic (exact) mass is 592 g/mol. The van der Waals surface area contributed by atoms with Gasteiger partial charge in [-0.3, -0.25) is 0 Å². The van der Waals surface area contributed by atoms with E-state index in [0.29, 0.717) is 0 Å². The third kappa shape index (κ3) is 5.50. The summed E-state index contributed by atoms with van der Waals surface area (Å²) in [6, 6.07) is 36.8. The molecule has 0 spiro atoms. The van der Waals surface area contributed by atoms with Gasteiger partial charge in [-0.1, -0.05) is 84.9 Å². The van der Waals surface area contributed by atoms with Crippen LogP contribution in [-0.2, 0) is 16.5 Å². The van der Waals surface area contributed by atoms with Crippen molar-refractivity contribution in [3.63, 3.8) is 0 Å². The van der Waals surface area contributed by atoms with Crippen LogP contribution in [-0.4, -0.2) is 24.6 Å². The van der Waals surface area contributed by atoms with Crippen LogP contribution in [0.15, 0.2) is 126 Å². The van der Waals surface area contributed by atoms with Gasteiger partial charge in [0.15, 0.2) is 0 Å². The number of rotatable bonds is 8. The van der Waals surface area contributed by atoms with Gasteiger partial charge in [0.25, 0.3) is 0 Å². The topological polar surface area (TPSA) is 101 Å². The van der Waals surface area contributed by atoms with E-state index in [9.17, 15) is 18.3 Å². The lowest BCUT2D eigenvalue weighted by Gasteiger charge is -2.10. The van der Waals surface area contributed by atoms with Crippen molar-refractivity contribution < 1.29 is 27.6 Å². The van der Waals surface area contributed by atoms with E-state index >= 15 is 0 Å². The van der Waals surface area contributed by atoms with Gasteiger partial charge in [0.1, 0.15) is 22.0 Å². The number of carboxylic acid groups (broad SMARTS) is 1. The highest BCUT2D eigenvalue weighted by molar-refractivity contribution is 7.87. The van der Waals surface area contributed by atoms with E-state index in [1.54, 1.807) is 24.3 Å². The second-order valence-corrected chi connectivity index (χ2v) is 12.4. The van der Waals surface area contributed by atoms with Gasteiger partial charge in [0.05, 0.1) is 0 Å². The van der Waals surface area contributed by atoms with Crippen LogP contribution in [0.3, 0.4) is 0 Å². The fourth-order valence-corrected chi connectivity index (χ4v) is 7.09. The summed E-state index contributed by atoms with van der Waals surface area (Å²) in [6.07, 6.45) is 0.852. The summed E-state index contributed by atoms with van der Waals surface area (Å²) in [5.74, 6) is -1.93. The number of hydrogen-bond donors (Lipinski definition) is 2. The van der Waals surface area contributed by atoms with Crippen molar-refractivity contribution in [3.8, 4) is 33.8 Å². The minimum Gasteiger partial charge on any atom is -0.507 e. The average molecular weight is 593 g/mol. The molecule has 208 valence electrons. The predicted octanol–water partition coefficient (Wildman–Crippen LogP) is 8.00. The average Bonchev–Trinajstić information content (AvgIpc) is 3.35. The number of benzene rings is 5. The van der Waals surface area contributed by atoms with Crippen molar-refractivity contribution in [2.24, 2.45) is 0 Å². The first-order valence-electron chi connectivity index (χ1n) is 13.0. The maximum absolute atomic E-state index is 12.7. The quantitative estimate of drug-likeness (QED) is 0.174. The van der Waals surface area contributed by atoms with Crippen molar-refractivity contribution >= 4 is 37.5 Å². The Morgan fingerprint density at radius 1 is 0.738 bits per heavy atom. The Bertz CT molecular complexity index is 2010. The number of aromatic carboxylic acids is 1. The molecule has 6 nitrogen and oxygen atoms in total. The third-order valence-electron chi connectivity index (χ3n) is 6.93. The number of carboxylic acids is 1. The molecule has 6 aromatic rings. The first-order chi connectivity index (χ1) is 20.3. The first-order valence-corrected chi connectivity index (χ1v) is 15.3. The Hall–Kier alpha value is -4.92. The molecule has 0 radical (unpaired) electrons. The number of phenols is 1. The largest absolute Gasteiger partial charge is 0.507 e. The molecule has 0 saturated carbocycles. The Morgan fingerprint density at radius 3 is 2.02 bits per heavy atom. The molecular weight excluding hydrogens is 569 g/mol. The van der Waals surface area contributed by atoms with Crippen molar-refractivity contribution in [1.29, 1.82) is 0 Å². The highest BCUT2D eigenvalue weighted by Gasteiger charge is 2.20. The van der Waals surface area contributed by atoms with Crippen LogP contribution in [0.5, 0.6) is 11.5 Å². The first kappa shape index (κ1) is 27.3. The van der Waals surface area contributed by atoms with Crippen LogP contribution in [0.25, 0.3) is 32.3 Å². The van der Waals surface area contributed by atoms with Crippen LogP contribution < -0.4 is 4.18 Å².